The average molecular weight is 373 g/mol. The van der Waals surface area contributed by atoms with E-state index >= 15 is 0 Å². The third kappa shape index (κ3) is 3.59. The largest absolute Gasteiger partial charge is 0.420 e. The Bertz CT molecular complexity index is 837. The van der Waals surface area contributed by atoms with Crippen LogP contribution in [0.15, 0.2) is 27.4 Å². The third-order valence-corrected chi connectivity index (χ3v) is 6.77. The lowest BCUT2D eigenvalue weighted by molar-refractivity contribution is -0.0274. The maximum absolute atomic E-state index is 12.5. The van der Waals surface area contributed by atoms with E-state index < -0.39 is 0 Å². The van der Waals surface area contributed by atoms with Crippen LogP contribution >= 0.6 is 0 Å². The molecule has 2 aliphatic rings. The number of aryl methyl sites for hydroxylation is 1. The molecule has 148 valence electrons. The molecule has 2 fully saturated rings. The molecule has 1 aromatic carbocycles. The Labute approximate surface area is 161 Å². The predicted molar refractivity (Wildman–Crippen MR) is 107 cm³/mol. The SMILES string of the molecule is CCOC1CCC(C)(N2CCC(n3c(=O)oc4ccc(C)cc43)CC2)CC1. The van der Waals surface area contributed by atoms with Gasteiger partial charge in [-0.2, -0.15) is 0 Å². The minimum atomic E-state index is -0.211. The zero-order valence-corrected chi connectivity index (χ0v) is 16.9. The minimum absolute atomic E-state index is 0.211. The number of benzene rings is 1. The highest BCUT2D eigenvalue weighted by atomic mass is 16.5. The van der Waals surface area contributed by atoms with E-state index in [4.69, 9.17) is 9.15 Å². The highest BCUT2D eigenvalue weighted by Crippen LogP contribution is 2.38. The van der Waals surface area contributed by atoms with Crippen molar-refractivity contribution < 1.29 is 9.15 Å². The number of rotatable bonds is 4. The van der Waals surface area contributed by atoms with Gasteiger partial charge in [0.2, 0.25) is 0 Å². The van der Waals surface area contributed by atoms with Crippen LogP contribution in [0.4, 0.5) is 0 Å². The first-order valence-corrected chi connectivity index (χ1v) is 10.5. The second-order valence-electron chi connectivity index (χ2n) is 8.58. The van der Waals surface area contributed by atoms with Gasteiger partial charge in [0.1, 0.15) is 0 Å². The van der Waals surface area contributed by atoms with E-state index in [-0.39, 0.29) is 17.3 Å². The first kappa shape index (κ1) is 18.8. The van der Waals surface area contributed by atoms with Crippen molar-refractivity contribution in [2.24, 2.45) is 0 Å². The zero-order valence-electron chi connectivity index (χ0n) is 16.9. The lowest BCUT2D eigenvalue weighted by Gasteiger charge is -2.48. The van der Waals surface area contributed by atoms with Gasteiger partial charge in [-0.3, -0.25) is 9.47 Å². The summed E-state index contributed by atoms with van der Waals surface area (Å²) in [5, 5.41) is 0. The fourth-order valence-electron chi connectivity index (χ4n) is 5.09. The number of fused-ring (bicyclic) bond motifs is 1. The predicted octanol–water partition coefficient (Wildman–Crippen LogP) is 4.28. The molecular formula is C22H32N2O3. The number of aromatic nitrogens is 1. The van der Waals surface area contributed by atoms with E-state index in [0.29, 0.717) is 11.7 Å². The highest BCUT2D eigenvalue weighted by molar-refractivity contribution is 5.73. The van der Waals surface area contributed by atoms with Gasteiger partial charge in [0, 0.05) is 31.3 Å². The van der Waals surface area contributed by atoms with Gasteiger partial charge >= 0.3 is 5.76 Å². The molecule has 1 aliphatic carbocycles. The summed E-state index contributed by atoms with van der Waals surface area (Å²) in [5.74, 6) is -0.211. The van der Waals surface area contributed by atoms with Crippen molar-refractivity contribution in [3.8, 4) is 0 Å². The molecular weight excluding hydrogens is 340 g/mol. The second-order valence-corrected chi connectivity index (χ2v) is 8.58. The van der Waals surface area contributed by atoms with E-state index in [1.807, 2.05) is 16.7 Å². The lowest BCUT2D eigenvalue weighted by Crippen LogP contribution is -2.52. The Hall–Kier alpha value is -1.59. The summed E-state index contributed by atoms with van der Waals surface area (Å²) in [7, 11) is 0. The Balaban J connectivity index is 1.45. The quantitative estimate of drug-likeness (QED) is 0.804. The van der Waals surface area contributed by atoms with Gasteiger partial charge < -0.3 is 9.15 Å². The smallest absolute Gasteiger partial charge is 0.408 e. The van der Waals surface area contributed by atoms with Crippen molar-refractivity contribution in [2.75, 3.05) is 19.7 Å². The van der Waals surface area contributed by atoms with Gasteiger partial charge in [-0.25, -0.2) is 4.79 Å². The molecule has 27 heavy (non-hydrogen) atoms. The van der Waals surface area contributed by atoms with Crippen LogP contribution in [0.3, 0.4) is 0 Å². The van der Waals surface area contributed by atoms with Crippen LogP contribution in [-0.4, -0.2) is 40.8 Å². The maximum atomic E-state index is 12.5. The van der Waals surface area contributed by atoms with E-state index in [1.54, 1.807) is 0 Å². The molecule has 2 heterocycles. The molecule has 5 nitrogen and oxygen atoms in total. The zero-order chi connectivity index (χ0) is 19.0. The maximum Gasteiger partial charge on any atom is 0.420 e. The molecule has 0 spiro atoms. The van der Waals surface area contributed by atoms with E-state index in [1.165, 1.54) is 12.8 Å². The molecule has 0 radical (unpaired) electrons. The van der Waals surface area contributed by atoms with Crippen molar-refractivity contribution in [3.63, 3.8) is 0 Å². The Morgan fingerprint density at radius 2 is 1.89 bits per heavy atom. The molecule has 1 saturated heterocycles. The first-order valence-electron chi connectivity index (χ1n) is 10.5. The van der Waals surface area contributed by atoms with Gasteiger partial charge in [0.25, 0.3) is 0 Å². The summed E-state index contributed by atoms with van der Waals surface area (Å²) in [6, 6.07) is 6.22. The second kappa shape index (κ2) is 7.44. The van der Waals surface area contributed by atoms with Crippen molar-refractivity contribution in [3.05, 3.63) is 34.3 Å². The summed E-state index contributed by atoms with van der Waals surface area (Å²) in [4.78, 5) is 15.1. The van der Waals surface area contributed by atoms with Crippen LogP contribution in [0, 0.1) is 6.92 Å². The number of hydrogen-bond acceptors (Lipinski definition) is 4. The standard InChI is InChI=1S/C22H32N2O3/c1-4-26-18-7-11-22(3,12-8-18)23-13-9-17(10-14-23)24-19-15-16(2)5-6-20(19)27-21(24)25/h5-6,15,17-18H,4,7-14H2,1-3H3. The molecule has 0 unspecified atom stereocenters. The molecule has 0 amide bonds. The van der Waals surface area contributed by atoms with Crippen LogP contribution in [0.5, 0.6) is 0 Å². The number of oxazole rings is 1. The monoisotopic (exact) mass is 372 g/mol. The molecule has 4 rings (SSSR count). The van der Waals surface area contributed by atoms with Crippen molar-refractivity contribution in [1.82, 2.24) is 9.47 Å². The van der Waals surface area contributed by atoms with Crippen LogP contribution in [-0.2, 0) is 4.74 Å². The van der Waals surface area contributed by atoms with Crippen molar-refractivity contribution in [1.29, 1.82) is 0 Å². The normalized spacial score (nSPS) is 28.0. The Morgan fingerprint density at radius 3 is 2.56 bits per heavy atom. The summed E-state index contributed by atoms with van der Waals surface area (Å²) in [6.07, 6.45) is 7.19. The van der Waals surface area contributed by atoms with Crippen molar-refractivity contribution in [2.45, 2.75) is 77.0 Å². The molecule has 1 saturated carbocycles. The van der Waals surface area contributed by atoms with Gasteiger partial charge in [-0.1, -0.05) is 6.07 Å². The van der Waals surface area contributed by atoms with Gasteiger partial charge in [-0.05, 0) is 77.0 Å². The van der Waals surface area contributed by atoms with Crippen LogP contribution < -0.4 is 5.76 Å². The summed E-state index contributed by atoms with van der Waals surface area (Å²) >= 11 is 0. The lowest BCUT2D eigenvalue weighted by atomic mass is 9.79. The van der Waals surface area contributed by atoms with E-state index in [2.05, 4.69) is 31.7 Å². The number of likely N-dealkylation sites (tertiary alicyclic amines) is 1. The average Bonchev–Trinajstić information content (AvgIpc) is 2.99. The first-order chi connectivity index (χ1) is 13.0. The van der Waals surface area contributed by atoms with Crippen LogP contribution in [0.2, 0.25) is 0 Å². The van der Waals surface area contributed by atoms with E-state index in [9.17, 15) is 4.79 Å². The van der Waals surface area contributed by atoms with E-state index in [0.717, 1.165) is 56.5 Å². The van der Waals surface area contributed by atoms with Gasteiger partial charge in [0.05, 0.1) is 11.6 Å². The number of nitrogens with zero attached hydrogens (tertiary/aromatic N) is 2. The number of piperidine rings is 1. The van der Waals surface area contributed by atoms with Gasteiger partial charge in [-0.15, -0.1) is 0 Å². The summed E-state index contributed by atoms with van der Waals surface area (Å²) in [5.41, 5.74) is 3.09. The molecule has 0 N–H and O–H groups in total. The number of hydrogen-bond donors (Lipinski definition) is 0. The molecule has 1 aromatic heterocycles. The molecule has 5 heteroatoms. The summed E-state index contributed by atoms with van der Waals surface area (Å²) < 4.78 is 13.2. The molecule has 0 bridgehead atoms. The fourth-order valence-corrected chi connectivity index (χ4v) is 5.09. The Kier molecular flexibility index (Phi) is 5.17. The molecule has 0 atom stereocenters. The van der Waals surface area contributed by atoms with Crippen LogP contribution in [0.25, 0.3) is 11.1 Å². The number of ether oxygens (including phenoxy) is 1. The topological polar surface area (TPSA) is 47.6 Å². The molecule has 2 aromatic rings. The highest BCUT2D eigenvalue weighted by Gasteiger charge is 2.38. The van der Waals surface area contributed by atoms with Crippen molar-refractivity contribution >= 4 is 11.1 Å². The Morgan fingerprint density at radius 1 is 1.19 bits per heavy atom. The fraction of sp³-hybridized carbons (Fsp3) is 0.682. The third-order valence-electron chi connectivity index (χ3n) is 6.77. The minimum Gasteiger partial charge on any atom is -0.408 e. The summed E-state index contributed by atoms with van der Waals surface area (Å²) in [6.45, 7) is 9.47. The van der Waals surface area contributed by atoms with Gasteiger partial charge in [0.15, 0.2) is 5.58 Å². The van der Waals surface area contributed by atoms with Crippen LogP contribution in [0.1, 0.15) is 64.0 Å². The molecule has 1 aliphatic heterocycles.